The summed E-state index contributed by atoms with van der Waals surface area (Å²) in [5.41, 5.74) is 0.263. The van der Waals surface area contributed by atoms with Crippen molar-refractivity contribution < 1.29 is 0 Å². The van der Waals surface area contributed by atoms with Gasteiger partial charge in [0.2, 0.25) is 0 Å². The zero-order valence-electron chi connectivity index (χ0n) is 10.5. The lowest BCUT2D eigenvalue weighted by atomic mass is 9.84. The molecule has 1 aliphatic heterocycles. The predicted octanol–water partition coefficient (Wildman–Crippen LogP) is 1.06. The molecule has 1 unspecified atom stereocenters. The lowest BCUT2D eigenvalue weighted by Crippen LogP contribution is -2.49. The van der Waals surface area contributed by atoms with Crippen LogP contribution in [0.4, 0.5) is 0 Å². The Morgan fingerprint density at radius 1 is 1.35 bits per heavy atom. The molecule has 17 heavy (non-hydrogen) atoms. The van der Waals surface area contributed by atoms with E-state index in [4.69, 9.17) is 0 Å². The largest absolute Gasteiger partial charge is 0.311 e. The van der Waals surface area contributed by atoms with Crippen molar-refractivity contribution in [3.05, 3.63) is 5.82 Å². The van der Waals surface area contributed by atoms with E-state index in [0.29, 0.717) is 0 Å². The van der Waals surface area contributed by atoms with Gasteiger partial charge in [-0.15, -0.1) is 10.2 Å². The molecular weight excluding hydrogens is 214 g/mol. The minimum atomic E-state index is 0.263. The SMILES string of the molecule is Cn1nnc(CC2(C3CC3)CCCCCN2)n1. The molecule has 2 aliphatic rings. The lowest BCUT2D eigenvalue weighted by Gasteiger charge is -2.33. The molecule has 1 aromatic rings. The summed E-state index contributed by atoms with van der Waals surface area (Å²) >= 11 is 0. The standard InChI is InChI=1S/C12H21N5/c1-17-15-11(14-16-17)9-12(10-5-6-10)7-3-2-4-8-13-12/h10,13H,2-9H2,1H3. The summed E-state index contributed by atoms with van der Waals surface area (Å²) in [6.45, 7) is 1.15. The molecule has 1 aromatic heterocycles. The molecule has 2 heterocycles. The van der Waals surface area contributed by atoms with Crippen LogP contribution in [0.1, 0.15) is 44.3 Å². The van der Waals surface area contributed by atoms with Crippen molar-refractivity contribution >= 4 is 0 Å². The first-order chi connectivity index (χ1) is 8.28. The van der Waals surface area contributed by atoms with Gasteiger partial charge in [-0.2, -0.15) is 4.80 Å². The minimum Gasteiger partial charge on any atom is -0.311 e. The zero-order valence-corrected chi connectivity index (χ0v) is 10.5. The Morgan fingerprint density at radius 2 is 2.24 bits per heavy atom. The summed E-state index contributed by atoms with van der Waals surface area (Å²) in [4.78, 5) is 1.56. The normalized spacial score (nSPS) is 30.2. The van der Waals surface area contributed by atoms with E-state index in [9.17, 15) is 0 Å². The second-order valence-corrected chi connectivity index (χ2v) is 5.54. The van der Waals surface area contributed by atoms with Crippen LogP contribution < -0.4 is 5.32 Å². The highest BCUT2D eigenvalue weighted by Crippen LogP contribution is 2.44. The molecule has 0 radical (unpaired) electrons. The molecule has 3 rings (SSSR count). The Labute approximate surface area is 102 Å². The van der Waals surface area contributed by atoms with Crippen molar-refractivity contribution in [2.45, 2.75) is 50.5 Å². The average molecular weight is 235 g/mol. The van der Waals surface area contributed by atoms with E-state index in [1.54, 1.807) is 4.80 Å². The van der Waals surface area contributed by atoms with Gasteiger partial charge < -0.3 is 5.32 Å². The predicted molar refractivity (Wildman–Crippen MR) is 64.4 cm³/mol. The number of hydrogen-bond acceptors (Lipinski definition) is 4. The second kappa shape index (κ2) is 4.37. The van der Waals surface area contributed by atoms with E-state index in [2.05, 4.69) is 20.7 Å². The molecule has 5 heteroatoms. The Kier molecular flexibility index (Phi) is 2.86. The first-order valence-corrected chi connectivity index (χ1v) is 6.76. The van der Waals surface area contributed by atoms with Gasteiger partial charge in [-0.05, 0) is 43.4 Å². The van der Waals surface area contributed by atoms with Gasteiger partial charge in [-0.25, -0.2) is 0 Å². The third kappa shape index (κ3) is 2.34. The molecule has 1 N–H and O–H groups in total. The zero-order chi connectivity index (χ0) is 11.7. The lowest BCUT2D eigenvalue weighted by molar-refractivity contribution is 0.266. The highest BCUT2D eigenvalue weighted by Gasteiger charge is 2.45. The highest BCUT2D eigenvalue weighted by molar-refractivity contribution is 5.06. The molecule has 1 saturated heterocycles. The van der Waals surface area contributed by atoms with Crippen molar-refractivity contribution in [2.24, 2.45) is 13.0 Å². The van der Waals surface area contributed by atoms with Crippen molar-refractivity contribution in [1.82, 2.24) is 25.5 Å². The second-order valence-electron chi connectivity index (χ2n) is 5.54. The van der Waals surface area contributed by atoms with Crippen molar-refractivity contribution in [3.63, 3.8) is 0 Å². The van der Waals surface area contributed by atoms with Crippen LogP contribution in [0, 0.1) is 5.92 Å². The third-order valence-corrected chi connectivity index (χ3v) is 4.16. The van der Waals surface area contributed by atoms with Crippen LogP contribution in [0.5, 0.6) is 0 Å². The fourth-order valence-electron chi connectivity index (χ4n) is 3.12. The van der Waals surface area contributed by atoms with Crippen LogP contribution in [0.3, 0.4) is 0 Å². The van der Waals surface area contributed by atoms with Crippen LogP contribution in [0.2, 0.25) is 0 Å². The quantitative estimate of drug-likeness (QED) is 0.851. The molecular formula is C12H21N5. The van der Waals surface area contributed by atoms with E-state index in [1.807, 2.05) is 7.05 Å². The summed E-state index contributed by atoms with van der Waals surface area (Å²) in [5.74, 6) is 1.73. The van der Waals surface area contributed by atoms with E-state index in [1.165, 1.54) is 38.5 Å². The smallest absolute Gasteiger partial charge is 0.176 e. The third-order valence-electron chi connectivity index (χ3n) is 4.16. The van der Waals surface area contributed by atoms with Gasteiger partial charge in [0, 0.05) is 12.0 Å². The summed E-state index contributed by atoms with van der Waals surface area (Å²) in [6, 6.07) is 0. The van der Waals surface area contributed by atoms with E-state index >= 15 is 0 Å². The highest BCUT2D eigenvalue weighted by atomic mass is 15.6. The Balaban J connectivity index is 1.78. The molecule has 0 aromatic carbocycles. The first-order valence-electron chi connectivity index (χ1n) is 6.76. The molecule has 1 atom stereocenters. The number of rotatable bonds is 3. The van der Waals surface area contributed by atoms with Crippen LogP contribution in [0.15, 0.2) is 0 Å². The molecule has 2 fully saturated rings. The summed E-state index contributed by atoms with van der Waals surface area (Å²) in [5, 5.41) is 16.2. The van der Waals surface area contributed by atoms with Gasteiger partial charge in [-0.3, -0.25) is 0 Å². The van der Waals surface area contributed by atoms with Crippen molar-refractivity contribution in [1.29, 1.82) is 0 Å². The average Bonchev–Trinajstić information content (AvgIpc) is 3.09. The van der Waals surface area contributed by atoms with Crippen LogP contribution in [0.25, 0.3) is 0 Å². The summed E-state index contributed by atoms with van der Waals surface area (Å²) < 4.78 is 0. The number of aryl methyl sites for hydroxylation is 1. The molecule has 5 nitrogen and oxygen atoms in total. The fourth-order valence-corrected chi connectivity index (χ4v) is 3.12. The van der Waals surface area contributed by atoms with Crippen molar-refractivity contribution in [3.8, 4) is 0 Å². The maximum atomic E-state index is 4.35. The van der Waals surface area contributed by atoms with E-state index in [-0.39, 0.29) is 5.54 Å². The van der Waals surface area contributed by atoms with Crippen molar-refractivity contribution in [2.75, 3.05) is 6.54 Å². The van der Waals surface area contributed by atoms with E-state index < -0.39 is 0 Å². The Morgan fingerprint density at radius 3 is 2.94 bits per heavy atom. The van der Waals surface area contributed by atoms with Gasteiger partial charge in [0.25, 0.3) is 0 Å². The number of nitrogens with zero attached hydrogens (tertiary/aromatic N) is 4. The van der Waals surface area contributed by atoms with Crippen LogP contribution in [-0.4, -0.2) is 32.3 Å². The van der Waals surface area contributed by atoms with Gasteiger partial charge in [0.15, 0.2) is 5.82 Å². The van der Waals surface area contributed by atoms with Gasteiger partial charge in [0.05, 0.1) is 7.05 Å². The number of nitrogens with one attached hydrogen (secondary N) is 1. The Hall–Kier alpha value is -0.970. The molecule has 0 bridgehead atoms. The number of hydrogen-bond donors (Lipinski definition) is 1. The molecule has 0 spiro atoms. The van der Waals surface area contributed by atoms with E-state index in [0.717, 1.165) is 24.7 Å². The van der Waals surface area contributed by atoms with Gasteiger partial charge in [-0.1, -0.05) is 12.8 Å². The topological polar surface area (TPSA) is 55.6 Å². The van der Waals surface area contributed by atoms with Gasteiger partial charge >= 0.3 is 0 Å². The molecule has 0 amide bonds. The molecule has 94 valence electrons. The molecule has 1 aliphatic carbocycles. The monoisotopic (exact) mass is 235 g/mol. The number of aromatic nitrogens is 4. The Bertz CT molecular complexity index is 374. The van der Waals surface area contributed by atoms with Gasteiger partial charge in [0.1, 0.15) is 0 Å². The minimum absolute atomic E-state index is 0.263. The number of tetrazole rings is 1. The maximum Gasteiger partial charge on any atom is 0.176 e. The maximum absolute atomic E-state index is 4.35. The molecule has 1 saturated carbocycles. The fraction of sp³-hybridized carbons (Fsp3) is 0.917. The summed E-state index contributed by atoms with van der Waals surface area (Å²) in [6.07, 6.45) is 8.96. The first kappa shape index (κ1) is 11.1. The van der Waals surface area contributed by atoms with Crippen LogP contribution in [-0.2, 0) is 13.5 Å². The van der Waals surface area contributed by atoms with Crippen LogP contribution >= 0.6 is 0 Å². The summed E-state index contributed by atoms with van der Waals surface area (Å²) in [7, 11) is 1.83.